The number of anilines is 1. The summed E-state index contributed by atoms with van der Waals surface area (Å²) in [6.45, 7) is 1.01. The maximum Gasteiger partial charge on any atom is 0.322 e. The molecule has 0 spiro atoms. The van der Waals surface area contributed by atoms with Gasteiger partial charge in [0.1, 0.15) is 5.69 Å². The minimum atomic E-state index is -0.205. The van der Waals surface area contributed by atoms with E-state index in [0.717, 1.165) is 11.1 Å². The molecule has 26 heavy (non-hydrogen) atoms. The Balaban J connectivity index is 1.80. The first kappa shape index (κ1) is 17.5. The summed E-state index contributed by atoms with van der Waals surface area (Å²) in [7, 11) is 1.53. The molecule has 0 saturated carbocycles. The number of hydrogen-bond donors (Lipinski definition) is 1. The number of hydrogen-bond acceptors (Lipinski definition) is 3. The highest BCUT2D eigenvalue weighted by atomic mass is 16.5. The first-order valence-electron chi connectivity index (χ1n) is 8.39. The minimum absolute atomic E-state index is 0.205. The van der Waals surface area contributed by atoms with Crippen LogP contribution in [0, 0.1) is 0 Å². The monoisotopic (exact) mass is 347 g/mol. The highest BCUT2D eigenvalue weighted by molar-refractivity contribution is 5.90. The van der Waals surface area contributed by atoms with Crippen LogP contribution >= 0.6 is 0 Å². The zero-order valence-electron chi connectivity index (χ0n) is 14.6. The van der Waals surface area contributed by atoms with Gasteiger partial charge < -0.3 is 15.0 Å². The molecule has 132 valence electrons. The molecule has 0 aliphatic carbocycles. The van der Waals surface area contributed by atoms with Crippen molar-refractivity contribution in [2.75, 3.05) is 12.4 Å². The normalized spacial score (nSPS) is 10.2. The highest BCUT2D eigenvalue weighted by Crippen LogP contribution is 2.21. The topological polar surface area (TPSA) is 54.5 Å². The standard InChI is InChI=1S/C21H21N3O2/c1-26-20-19(13-8-14-22-20)23-21(25)24(15-17-9-4-2-5-10-17)16-18-11-6-3-7-12-18/h2-14H,15-16H2,1H3,(H,23,25). The van der Waals surface area contributed by atoms with E-state index in [9.17, 15) is 4.79 Å². The van der Waals surface area contributed by atoms with Gasteiger partial charge in [0.25, 0.3) is 0 Å². The number of urea groups is 1. The van der Waals surface area contributed by atoms with Crippen LogP contribution in [0.15, 0.2) is 79.0 Å². The number of benzene rings is 2. The van der Waals surface area contributed by atoms with Gasteiger partial charge in [0.2, 0.25) is 5.88 Å². The van der Waals surface area contributed by atoms with Crippen LogP contribution in [-0.4, -0.2) is 23.0 Å². The Hall–Kier alpha value is -3.34. The lowest BCUT2D eigenvalue weighted by molar-refractivity contribution is 0.206. The van der Waals surface area contributed by atoms with Crippen molar-refractivity contribution in [3.05, 3.63) is 90.1 Å². The number of nitrogens with one attached hydrogen (secondary N) is 1. The number of pyridine rings is 1. The van der Waals surface area contributed by atoms with Crippen molar-refractivity contribution in [3.8, 4) is 5.88 Å². The van der Waals surface area contributed by atoms with Gasteiger partial charge in [0.05, 0.1) is 7.11 Å². The number of nitrogens with zero attached hydrogens (tertiary/aromatic N) is 2. The fourth-order valence-corrected chi connectivity index (χ4v) is 2.65. The van der Waals surface area contributed by atoms with Crippen molar-refractivity contribution >= 4 is 11.7 Å². The Morgan fingerprint density at radius 2 is 1.50 bits per heavy atom. The van der Waals surface area contributed by atoms with Gasteiger partial charge >= 0.3 is 6.03 Å². The third kappa shape index (κ3) is 4.60. The van der Waals surface area contributed by atoms with Crippen LogP contribution in [0.5, 0.6) is 5.88 Å². The second kappa shape index (κ2) is 8.67. The van der Waals surface area contributed by atoms with Crippen LogP contribution in [0.1, 0.15) is 11.1 Å². The Morgan fingerprint density at radius 1 is 0.923 bits per heavy atom. The van der Waals surface area contributed by atoms with Crippen LogP contribution in [0.25, 0.3) is 0 Å². The smallest absolute Gasteiger partial charge is 0.322 e. The maximum atomic E-state index is 12.9. The molecule has 3 aromatic rings. The molecule has 0 aliphatic rings. The van der Waals surface area contributed by atoms with Crippen molar-refractivity contribution in [1.82, 2.24) is 9.88 Å². The molecular formula is C21H21N3O2. The first-order chi connectivity index (χ1) is 12.8. The van der Waals surface area contributed by atoms with Crippen LogP contribution in [0.4, 0.5) is 10.5 Å². The van der Waals surface area contributed by atoms with E-state index in [1.54, 1.807) is 23.2 Å². The van der Waals surface area contributed by atoms with Crippen molar-refractivity contribution < 1.29 is 9.53 Å². The summed E-state index contributed by atoms with van der Waals surface area (Å²) in [5.41, 5.74) is 2.68. The van der Waals surface area contributed by atoms with E-state index in [-0.39, 0.29) is 6.03 Å². The molecule has 0 aliphatic heterocycles. The van der Waals surface area contributed by atoms with Gasteiger partial charge in [-0.25, -0.2) is 9.78 Å². The van der Waals surface area contributed by atoms with Gasteiger partial charge in [-0.3, -0.25) is 0 Å². The fraction of sp³-hybridized carbons (Fsp3) is 0.143. The summed E-state index contributed by atoms with van der Waals surface area (Å²) in [6, 6.07) is 23.2. The maximum absolute atomic E-state index is 12.9. The lowest BCUT2D eigenvalue weighted by Crippen LogP contribution is -2.34. The molecule has 1 N–H and O–H groups in total. The van der Waals surface area contributed by atoms with E-state index < -0.39 is 0 Å². The Labute approximate surface area is 153 Å². The summed E-state index contributed by atoms with van der Waals surface area (Å²) in [5.74, 6) is 0.389. The van der Waals surface area contributed by atoms with Crippen LogP contribution < -0.4 is 10.1 Å². The van der Waals surface area contributed by atoms with Crippen molar-refractivity contribution in [2.24, 2.45) is 0 Å². The third-order valence-electron chi connectivity index (χ3n) is 3.93. The van der Waals surface area contributed by atoms with E-state index in [4.69, 9.17) is 4.74 Å². The van der Waals surface area contributed by atoms with Crippen LogP contribution in [0.2, 0.25) is 0 Å². The molecule has 3 rings (SSSR count). The highest BCUT2D eigenvalue weighted by Gasteiger charge is 2.17. The molecule has 1 aromatic heterocycles. The van der Waals surface area contributed by atoms with Crippen molar-refractivity contribution in [2.45, 2.75) is 13.1 Å². The number of methoxy groups -OCH3 is 1. The summed E-state index contributed by atoms with van der Waals surface area (Å²) in [4.78, 5) is 18.8. The molecular weight excluding hydrogens is 326 g/mol. The number of aromatic nitrogens is 1. The van der Waals surface area contributed by atoms with E-state index >= 15 is 0 Å². The van der Waals surface area contributed by atoms with E-state index in [0.29, 0.717) is 24.7 Å². The second-order valence-corrected chi connectivity index (χ2v) is 5.82. The Kier molecular flexibility index (Phi) is 5.83. The van der Waals surface area contributed by atoms with Gasteiger partial charge in [0.15, 0.2) is 0 Å². The summed E-state index contributed by atoms with van der Waals surface area (Å²) in [5, 5.41) is 2.90. The molecule has 0 bridgehead atoms. The van der Waals surface area contributed by atoms with Gasteiger partial charge in [-0.1, -0.05) is 60.7 Å². The molecule has 0 atom stereocenters. The largest absolute Gasteiger partial charge is 0.480 e. The Morgan fingerprint density at radius 3 is 2.04 bits per heavy atom. The van der Waals surface area contributed by atoms with Crippen molar-refractivity contribution in [3.63, 3.8) is 0 Å². The van der Waals surface area contributed by atoms with E-state index in [1.807, 2.05) is 60.7 Å². The van der Waals surface area contributed by atoms with E-state index in [2.05, 4.69) is 10.3 Å². The first-order valence-corrected chi connectivity index (χ1v) is 8.39. The fourth-order valence-electron chi connectivity index (χ4n) is 2.65. The van der Waals surface area contributed by atoms with Crippen LogP contribution in [-0.2, 0) is 13.1 Å². The van der Waals surface area contributed by atoms with Gasteiger partial charge in [-0.15, -0.1) is 0 Å². The third-order valence-corrected chi connectivity index (χ3v) is 3.93. The zero-order valence-corrected chi connectivity index (χ0v) is 14.6. The number of ether oxygens (including phenoxy) is 1. The predicted molar refractivity (Wildman–Crippen MR) is 102 cm³/mol. The lowest BCUT2D eigenvalue weighted by Gasteiger charge is -2.24. The number of carbonyl (C=O) groups is 1. The Bertz CT molecular complexity index is 797. The van der Waals surface area contributed by atoms with Crippen LogP contribution in [0.3, 0.4) is 0 Å². The van der Waals surface area contributed by atoms with Gasteiger partial charge in [0, 0.05) is 19.3 Å². The number of carbonyl (C=O) groups excluding carboxylic acids is 1. The zero-order chi connectivity index (χ0) is 18.2. The molecule has 0 radical (unpaired) electrons. The second-order valence-electron chi connectivity index (χ2n) is 5.82. The molecule has 5 nitrogen and oxygen atoms in total. The summed E-state index contributed by atoms with van der Waals surface area (Å²) < 4.78 is 5.22. The molecule has 0 saturated heterocycles. The number of rotatable bonds is 6. The summed E-state index contributed by atoms with van der Waals surface area (Å²) in [6.07, 6.45) is 1.63. The minimum Gasteiger partial charge on any atom is -0.480 e. The molecule has 1 heterocycles. The van der Waals surface area contributed by atoms with Gasteiger partial charge in [-0.2, -0.15) is 0 Å². The quantitative estimate of drug-likeness (QED) is 0.722. The average molecular weight is 347 g/mol. The number of amides is 2. The lowest BCUT2D eigenvalue weighted by atomic mass is 10.2. The van der Waals surface area contributed by atoms with E-state index in [1.165, 1.54) is 7.11 Å². The van der Waals surface area contributed by atoms with Crippen molar-refractivity contribution in [1.29, 1.82) is 0 Å². The summed E-state index contributed by atoms with van der Waals surface area (Å²) >= 11 is 0. The molecule has 0 fully saturated rings. The van der Waals surface area contributed by atoms with Gasteiger partial charge in [-0.05, 0) is 23.3 Å². The predicted octanol–water partition coefficient (Wildman–Crippen LogP) is 4.32. The molecule has 0 unspecified atom stereocenters. The molecule has 2 amide bonds. The SMILES string of the molecule is COc1ncccc1NC(=O)N(Cc1ccccc1)Cc1ccccc1. The molecule has 5 heteroatoms. The average Bonchev–Trinajstić information content (AvgIpc) is 2.69. The molecule has 2 aromatic carbocycles.